The zero-order valence-corrected chi connectivity index (χ0v) is 14.5. The van der Waals surface area contributed by atoms with Crippen molar-refractivity contribution in [1.29, 1.82) is 0 Å². The van der Waals surface area contributed by atoms with E-state index in [0.717, 1.165) is 3.57 Å². The highest BCUT2D eigenvalue weighted by Crippen LogP contribution is 2.30. The van der Waals surface area contributed by atoms with Gasteiger partial charge in [-0.15, -0.1) is 0 Å². The molecule has 0 radical (unpaired) electrons. The summed E-state index contributed by atoms with van der Waals surface area (Å²) in [6, 6.07) is 8.83. The first-order chi connectivity index (χ1) is 10.4. The molecular weight excluding hydrogens is 442 g/mol. The summed E-state index contributed by atoms with van der Waals surface area (Å²) in [4.78, 5) is 23.2. The lowest BCUT2D eigenvalue weighted by molar-refractivity contribution is 0.0698. The van der Waals surface area contributed by atoms with Crippen molar-refractivity contribution in [2.45, 2.75) is 0 Å². The predicted molar refractivity (Wildman–Crippen MR) is 95.2 cm³/mol. The molecule has 2 aromatic rings. The first kappa shape index (κ1) is 16.9. The van der Waals surface area contributed by atoms with Crippen LogP contribution in [0.1, 0.15) is 10.4 Å². The molecule has 0 spiro atoms. The minimum absolute atomic E-state index is 0.00712. The molecule has 22 heavy (non-hydrogen) atoms. The van der Waals surface area contributed by atoms with Crippen molar-refractivity contribution < 1.29 is 14.7 Å². The van der Waals surface area contributed by atoms with Crippen LogP contribution in [0.2, 0.25) is 10.0 Å². The second-order valence-corrected chi connectivity index (χ2v) is 6.23. The van der Waals surface area contributed by atoms with Gasteiger partial charge in [-0.2, -0.15) is 0 Å². The van der Waals surface area contributed by atoms with Crippen molar-refractivity contribution in [2.24, 2.45) is 0 Å². The highest BCUT2D eigenvalue weighted by atomic mass is 127. The van der Waals surface area contributed by atoms with Crippen molar-refractivity contribution in [2.75, 3.05) is 10.6 Å². The van der Waals surface area contributed by atoms with E-state index < -0.39 is 12.0 Å². The molecule has 0 atom stereocenters. The van der Waals surface area contributed by atoms with Crippen LogP contribution < -0.4 is 10.6 Å². The van der Waals surface area contributed by atoms with Crippen molar-refractivity contribution in [3.63, 3.8) is 0 Å². The third-order valence-corrected chi connectivity index (χ3v) is 3.96. The molecule has 5 nitrogen and oxygen atoms in total. The van der Waals surface area contributed by atoms with Crippen LogP contribution in [-0.4, -0.2) is 17.1 Å². The Balaban J connectivity index is 2.21. The molecule has 0 heterocycles. The molecule has 2 amide bonds. The summed E-state index contributed by atoms with van der Waals surface area (Å²) < 4.78 is 0.745. The van der Waals surface area contributed by atoms with Gasteiger partial charge in [0.25, 0.3) is 0 Å². The standard InChI is InChI=1S/C14H9Cl2IN2O3/c15-9-2-1-3-10(16)12(9)19-14(22)18-11-5-4-7(17)6-8(11)13(20)21/h1-6H,(H,20,21)(H2,18,19,22). The zero-order valence-electron chi connectivity index (χ0n) is 10.9. The zero-order chi connectivity index (χ0) is 16.3. The molecular formula is C14H9Cl2IN2O3. The van der Waals surface area contributed by atoms with Gasteiger partial charge in [-0.3, -0.25) is 0 Å². The second-order valence-electron chi connectivity index (χ2n) is 4.17. The molecule has 0 aromatic heterocycles. The summed E-state index contributed by atoms with van der Waals surface area (Å²) in [7, 11) is 0. The number of urea groups is 1. The van der Waals surface area contributed by atoms with Crippen LogP contribution in [0.25, 0.3) is 0 Å². The number of anilines is 2. The molecule has 2 rings (SSSR count). The summed E-state index contributed by atoms with van der Waals surface area (Å²) in [5.74, 6) is -1.13. The van der Waals surface area contributed by atoms with Crippen LogP contribution in [0.15, 0.2) is 36.4 Å². The van der Waals surface area contributed by atoms with Gasteiger partial charge in [0.1, 0.15) is 0 Å². The Kier molecular flexibility index (Phi) is 5.49. The molecule has 2 aromatic carbocycles. The fourth-order valence-electron chi connectivity index (χ4n) is 1.69. The van der Waals surface area contributed by atoms with E-state index in [1.165, 1.54) is 12.1 Å². The Morgan fingerprint density at radius 3 is 2.27 bits per heavy atom. The number of carboxylic acid groups (broad SMARTS) is 1. The fraction of sp³-hybridized carbons (Fsp3) is 0. The number of amides is 2. The van der Waals surface area contributed by atoms with Crippen molar-refractivity contribution in [1.82, 2.24) is 0 Å². The highest BCUT2D eigenvalue weighted by molar-refractivity contribution is 14.1. The van der Waals surface area contributed by atoms with E-state index in [1.54, 1.807) is 24.3 Å². The number of carboxylic acids is 1. The highest BCUT2D eigenvalue weighted by Gasteiger charge is 2.14. The van der Waals surface area contributed by atoms with Gasteiger partial charge in [-0.05, 0) is 52.9 Å². The van der Waals surface area contributed by atoms with Gasteiger partial charge >= 0.3 is 12.0 Å². The van der Waals surface area contributed by atoms with E-state index in [0.29, 0.717) is 0 Å². The van der Waals surface area contributed by atoms with Gasteiger partial charge < -0.3 is 15.7 Å². The fourth-order valence-corrected chi connectivity index (χ4v) is 2.67. The molecule has 0 aliphatic heterocycles. The Bertz CT molecular complexity index is 733. The van der Waals surface area contributed by atoms with Crippen molar-refractivity contribution >= 4 is 69.2 Å². The van der Waals surface area contributed by atoms with Crippen molar-refractivity contribution in [3.05, 3.63) is 55.6 Å². The van der Waals surface area contributed by atoms with E-state index in [-0.39, 0.29) is 27.0 Å². The first-order valence-electron chi connectivity index (χ1n) is 5.93. The molecule has 8 heteroatoms. The molecule has 0 saturated heterocycles. The number of para-hydroxylation sites is 1. The number of halogens is 3. The van der Waals surface area contributed by atoms with E-state index in [4.69, 9.17) is 28.3 Å². The maximum Gasteiger partial charge on any atom is 0.337 e. The molecule has 0 bridgehead atoms. The van der Waals surface area contributed by atoms with Crippen LogP contribution >= 0.6 is 45.8 Å². The quantitative estimate of drug-likeness (QED) is 0.579. The van der Waals surface area contributed by atoms with E-state index in [2.05, 4.69) is 10.6 Å². The van der Waals surface area contributed by atoms with Gasteiger partial charge in [-0.1, -0.05) is 29.3 Å². The van der Waals surface area contributed by atoms with Gasteiger partial charge in [0.15, 0.2) is 0 Å². The van der Waals surface area contributed by atoms with Crippen molar-refractivity contribution in [3.8, 4) is 0 Å². The van der Waals surface area contributed by atoms with Gasteiger partial charge in [0.05, 0.1) is 27.0 Å². The van der Waals surface area contributed by atoms with Crippen LogP contribution in [0.4, 0.5) is 16.2 Å². The lowest BCUT2D eigenvalue weighted by Crippen LogP contribution is -2.21. The molecule has 0 aliphatic rings. The van der Waals surface area contributed by atoms with E-state index in [9.17, 15) is 9.59 Å². The van der Waals surface area contributed by atoms with Gasteiger partial charge in [0, 0.05) is 3.57 Å². The molecule has 0 aliphatic carbocycles. The summed E-state index contributed by atoms with van der Waals surface area (Å²) >= 11 is 13.9. The Morgan fingerprint density at radius 1 is 1.05 bits per heavy atom. The molecule has 0 saturated carbocycles. The average Bonchev–Trinajstić information content (AvgIpc) is 2.45. The minimum atomic E-state index is -1.13. The topological polar surface area (TPSA) is 78.4 Å². The summed E-state index contributed by atoms with van der Waals surface area (Å²) in [5, 5.41) is 14.7. The Morgan fingerprint density at radius 2 is 1.68 bits per heavy atom. The number of nitrogens with one attached hydrogen (secondary N) is 2. The number of benzene rings is 2. The summed E-state index contributed by atoms with van der Waals surface area (Å²) in [6.45, 7) is 0. The lowest BCUT2D eigenvalue weighted by Gasteiger charge is -2.12. The van der Waals surface area contributed by atoms with Crippen LogP contribution in [0.3, 0.4) is 0 Å². The van der Waals surface area contributed by atoms with Crippen LogP contribution in [0, 0.1) is 3.57 Å². The van der Waals surface area contributed by atoms with E-state index in [1.807, 2.05) is 22.6 Å². The smallest absolute Gasteiger partial charge is 0.337 e. The number of carbonyl (C=O) groups excluding carboxylic acids is 1. The lowest BCUT2D eigenvalue weighted by atomic mass is 10.2. The third kappa shape index (κ3) is 4.02. The Hall–Kier alpha value is -1.51. The van der Waals surface area contributed by atoms with Crippen LogP contribution in [-0.2, 0) is 0 Å². The summed E-state index contributed by atoms with van der Waals surface area (Å²) in [6.07, 6.45) is 0. The molecule has 114 valence electrons. The van der Waals surface area contributed by atoms with E-state index >= 15 is 0 Å². The Labute approximate surface area is 149 Å². The minimum Gasteiger partial charge on any atom is -0.478 e. The van der Waals surface area contributed by atoms with Crippen LogP contribution in [0.5, 0.6) is 0 Å². The first-order valence-corrected chi connectivity index (χ1v) is 7.77. The second kappa shape index (κ2) is 7.17. The average molecular weight is 451 g/mol. The number of hydrogen-bond donors (Lipinski definition) is 3. The molecule has 0 unspecified atom stereocenters. The monoisotopic (exact) mass is 450 g/mol. The maximum absolute atomic E-state index is 12.0. The predicted octanol–water partition coefficient (Wildman–Crippen LogP) is 4.94. The normalized spacial score (nSPS) is 10.1. The van der Waals surface area contributed by atoms with Gasteiger partial charge in [0.2, 0.25) is 0 Å². The number of carbonyl (C=O) groups is 2. The largest absolute Gasteiger partial charge is 0.478 e. The third-order valence-electron chi connectivity index (χ3n) is 2.66. The number of aromatic carboxylic acids is 1. The number of hydrogen-bond acceptors (Lipinski definition) is 2. The number of rotatable bonds is 3. The molecule has 0 fully saturated rings. The maximum atomic E-state index is 12.0. The molecule has 3 N–H and O–H groups in total. The SMILES string of the molecule is O=C(Nc1ccc(I)cc1C(=O)O)Nc1c(Cl)cccc1Cl. The van der Waals surface area contributed by atoms with Gasteiger partial charge in [-0.25, -0.2) is 9.59 Å². The summed E-state index contributed by atoms with van der Waals surface area (Å²) in [5.41, 5.74) is 0.423.